The molecule has 3 heteroatoms. The zero-order valence-electron chi connectivity index (χ0n) is 21.9. The Morgan fingerprint density at radius 2 is 1.00 bits per heavy atom. The highest BCUT2D eigenvalue weighted by Crippen LogP contribution is 2.24. The van der Waals surface area contributed by atoms with Gasteiger partial charge in [-0.15, -0.1) is 0 Å². The molecule has 0 aliphatic heterocycles. The molecule has 3 nitrogen and oxygen atoms in total. The van der Waals surface area contributed by atoms with Crippen molar-refractivity contribution in [1.29, 1.82) is 0 Å². The summed E-state index contributed by atoms with van der Waals surface area (Å²) in [4.78, 5) is 12.7. The van der Waals surface area contributed by atoms with Crippen molar-refractivity contribution in [3.8, 4) is 0 Å². The van der Waals surface area contributed by atoms with Gasteiger partial charge in [-0.3, -0.25) is 4.79 Å². The summed E-state index contributed by atoms with van der Waals surface area (Å²) in [6, 6.07) is 0. The van der Waals surface area contributed by atoms with Crippen molar-refractivity contribution in [3.05, 3.63) is 0 Å². The molecule has 0 aliphatic rings. The smallest absolute Gasteiger partial charge is 0.312 e. The minimum absolute atomic E-state index is 0.209. The normalized spacial score (nSPS) is 13.9. The average molecular weight is 441 g/mol. The molecule has 0 saturated heterocycles. The number of hydrogen-bond acceptors (Lipinski definition) is 3. The van der Waals surface area contributed by atoms with Gasteiger partial charge in [0.05, 0.1) is 12.0 Å². The van der Waals surface area contributed by atoms with Crippen molar-refractivity contribution >= 4 is 5.97 Å². The van der Waals surface area contributed by atoms with Crippen LogP contribution in [0.5, 0.6) is 0 Å². The van der Waals surface area contributed by atoms with Crippen molar-refractivity contribution in [1.82, 2.24) is 0 Å². The van der Waals surface area contributed by atoms with E-state index in [1.54, 1.807) is 0 Å². The molecular formula is C28H56O3. The van der Waals surface area contributed by atoms with Crippen LogP contribution < -0.4 is 0 Å². The molecule has 1 N–H and O–H groups in total. The number of esters is 1. The molecule has 0 heterocycles. The van der Waals surface area contributed by atoms with Crippen LogP contribution in [0.4, 0.5) is 0 Å². The topological polar surface area (TPSA) is 46.5 Å². The van der Waals surface area contributed by atoms with Crippen molar-refractivity contribution in [2.24, 2.45) is 5.92 Å². The van der Waals surface area contributed by atoms with Gasteiger partial charge in [-0.25, -0.2) is 0 Å². The Kier molecular flexibility index (Phi) is 19.7. The fourth-order valence-corrected chi connectivity index (χ4v) is 4.21. The molecule has 0 amide bonds. The molecule has 0 aliphatic carbocycles. The Hall–Kier alpha value is -0.570. The van der Waals surface area contributed by atoms with Gasteiger partial charge in [-0.05, 0) is 33.6 Å². The number of unbranched alkanes of at least 4 members (excludes halogenated alkanes) is 15. The van der Waals surface area contributed by atoms with Crippen LogP contribution in [0.15, 0.2) is 0 Å². The summed E-state index contributed by atoms with van der Waals surface area (Å²) < 4.78 is 5.64. The molecule has 0 bridgehead atoms. The summed E-state index contributed by atoms with van der Waals surface area (Å²) >= 11 is 0. The molecule has 0 fully saturated rings. The minimum atomic E-state index is -0.566. The van der Waals surface area contributed by atoms with Crippen molar-refractivity contribution in [2.75, 3.05) is 0 Å². The summed E-state index contributed by atoms with van der Waals surface area (Å²) in [5, 5.41) is 10.8. The van der Waals surface area contributed by atoms with Gasteiger partial charge in [0.1, 0.15) is 5.60 Å². The Balaban J connectivity index is 4.20. The molecule has 0 rings (SSSR count). The van der Waals surface area contributed by atoms with Crippen LogP contribution in [0.1, 0.15) is 157 Å². The summed E-state index contributed by atoms with van der Waals surface area (Å²) in [6.45, 7) is 10.2. The predicted octanol–water partition coefficient (Wildman–Crippen LogP) is 8.76. The first-order valence-corrected chi connectivity index (χ1v) is 13.7. The van der Waals surface area contributed by atoms with E-state index in [0.29, 0.717) is 0 Å². The zero-order chi connectivity index (χ0) is 23.4. The van der Waals surface area contributed by atoms with E-state index in [0.717, 1.165) is 38.5 Å². The average Bonchev–Trinajstić information content (AvgIpc) is 2.70. The number of rotatable bonds is 21. The first-order valence-electron chi connectivity index (χ1n) is 13.7. The first-order chi connectivity index (χ1) is 14.8. The van der Waals surface area contributed by atoms with Crippen LogP contribution in [0.2, 0.25) is 0 Å². The SMILES string of the molecule is CCCCCCCCCCC[C@@H](O)[C@@H](CCCCCCCCCC)C(=O)OC(C)(C)C. The quantitative estimate of drug-likeness (QED) is 0.143. The first kappa shape index (κ1) is 30.4. The molecule has 186 valence electrons. The van der Waals surface area contributed by atoms with Crippen LogP contribution in [-0.4, -0.2) is 22.8 Å². The Morgan fingerprint density at radius 3 is 1.39 bits per heavy atom. The van der Waals surface area contributed by atoms with E-state index >= 15 is 0 Å². The third kappa shape index (κ3) is 19.8. The lowest BCUT2D eigenvalue weighted by Gasteiger charge is -2.27. The lowest BCUT2D eigenvalue weighted by molar-refractivity contribution is -0.164. The van der Waals surface area contributed by atoms with E-state index in [1.807, 2.05) is 20.8 Å². The highest BCUT2D eigenvalue weighted by Gasteiger charge is 2.30. The van der Waals surface area contributed by atoms with Gasteiger partial charge in [-0.1, -0.05) is 123 Å². The van der Waals surface area contributed by atoms with Gasteiger partial charge in [0.2, 0.25) is 0 Å². The number of ether oxygens (including phenoxy) is 1. The maximum absolute atomic E-state index is 12.7. The van der Waals surface area contributed by atoms with Gasteiger partial charge in [-0.2, -0.15) is 0 Å². The summed E-state index contributed by atoms with van der Waals surface area (Å²) in [6.07, 6.45) is 22.3. The Bertz CT molecular complexity index is 400. The summed E-state index contributed by atoms with van der Waals surface area (Å²) in [5.41, 5.74) is -0.494. The van der Waals surface area contributed by atoms with Crippen molar-refractivity contribution in [2.45, 2.75) is 168 Å². The van der Waals surface area contributed by atoms with E-state index in [2.05, 4.69) is 13.8 Å². The fourth-order valence-electron chi connectivity index (χ4n) is 4.21. The number of aliphatic hydroxyl groups excluding tert-OH is 1. The van der Waals surface area contributed by atoms with E-state index < -0.39 is 11.7 Å². The molecular weight excluding hydrogens is 384 g/mol. The van der Waals surface area contributed by atoms with Crippen LogP contribution >= 0.6 is 0 Å². The van der Waals surface area contributed by atoms with E-state index in [9.17, 15) is 9.90 Å². The lowest BCUT2D eigenvalue weighted by Crippen LogP contribution is -2.35. The number of hydrogen-bond donors (Lipinski definition) is 1. The second kappa shape index (κ2) is 20.1. The molecule has 2 atom stereocenters. The highest BCUT2D eigenvalue weighted by molar-refractivity contribution is 5.73. The van der Waals surface area contributed by atoms with Gasteiger partial charge in [0.15, 0.2) is 0 Å². The minimum Gasteiger partial charge on any atom is -0.460 e. The lowest BCUT2D eigenvalue weighted by atomic mass is 9.91. The third-order valence-electron chi connectivity index (χ3n) is 6.15. The maximum Gasteiger partial charge on any atom is 0.312 e. The molecule has 0 radical (unpaired) electrons. The largest absolute Gasteiger partial charge is 0.460 e. The summed E-state index contributed by atoms with van der Waals surface area (Å²) in [5.74, 6) is -0.577. The van der Waals surface area contributed by atoms with E-state index in [-0.39, 0.29) is 11.9 Å². The maximum atomic E-state index is 12.7. The Morgan fingerprint density at radius 1 is 0.645 bits per heavy atom. The zero-order valence-corrected chi connectivity index (χ0v) is 21.9. The monoisotopic (exact) mass is 440 g/mol. The van der Waals surface area contributed by atoms with Gasteiger partial charge in [0.25, 0.3) is 0 Å². The summed E-state index contributed by atoms with van der Waals surface area (Å²) in [7, 11) is 0. The molecule has 0 aromatic carbocycles. The van der Waals surface area contributed by atoms with Gasteiger partial charge in [0, 0.05) is 0 Å². The number of aliphatic hydroxyl groups is 1. The fraction of sp³-hybridized carbons (Fsp3) is 0.964. The second-order valence-electron chi connectivity index (χ2n) is 10.6. The number of carbonyl (C=O) groups excluding carboxylic acids is 1. The predicted molar refractivity (Wildman–Crippen MR) is 134 cm³/mol. The van der Waals surface area contributed by atoms with Crippen LogP contribution in [0, 0.1) is 5.92 Å². The molecule has 31 heavy (non-hydrogen) atoms. The number of carbonyl (C=O) groups is 1. The second-order valence-corrected chi connectivity index (χ2v) is 10.6. The Labute approximate surface area is 195 Å². The molecule has 0 spiro atoms. The van der Waals surface area contributed by atoms with Crippen LogP contribution in [0.3, 0.4) is 0 Å². The standard InChI is InChI=1S/C28H56O3/c1-6-8-10-12-14-16-18-20-22-24-26(29)25(27(30)31-28(3,4)5)23-21-19-17-15-13-11-9-7-2/h25-26,29H,6-24H2,1-5H3/t25-,26-/m1/s1. The third-order valence-corrected chi connectivity index (χ3v) is 6.15. The van der Waals surface area contributed by atoms with Crippen molar-refractivity contribution < 1.29 is 14.6 Å². The van der Waals surface area contributed by atoms with Crippen LogP contribution in [-0.2, 0) is 9.53 Å². The van der Waals surface area contributed by atoms with Gasteiger partial charge < -0.3 is 9.84 Å². The van der Waals surface area contributed by atoms with E-state index in [1.165, 1.54) is 83.5 Å². The molecule has 0 unspecified atom stereocenters. The highest BCUT2D eigenvalue weighted by atomic mass is 16.6. The molecule has 0 aromatic rings. The van der Waals surface area contributed by atoms with Gasteiger partial charge >= 0.3 is 5.97 Å². The van der Waals surface area contributed by atoms with Crippen molar-refractivity contribution in [3.63, 3.8) is 0 Å². The molecule has 0 aromatic heterocycles. The molecule has 0 saturated carbocycles. The van der Waals surface area contributed by atoms with Crippen LogP contribution in [0.25, 0.3) is 0 Å². The van der Waals surface area contributed by atoms with E-state index in [4.69, 9.17) is 4.74 Å².